The first-order valence-electron chi connectivity index (χ1n) is 6.38. The average molecular weight is 238 g/mol. The Bertz CT molecular complexity index is 328. The van der Waals surface area contributed by atoms with Crippen LogP contribution in [0.25, 0.3) is 0 Å². The molecule has 0 bridgehead atoms. The van der Waals surface area contributed by atoms with Crippen molar-refractivity contribution in [3.63, 3.8) is 0 Å². The van der Waals surface area contributed by atoms with Gasteiger partial charge < -0.3 is 9.15 Å². The standard InChI is InChI=1S/C14H22O3/c1-3-4-5-6-7-8-13(15)14-10-9-12(17-14)11-16-2/h9-10H,3-8,11H2,1-2H3. The SMILES string of the molecule is CCCCCCCC(=O)c1ccc(COC)o1. The lowest BCUT2D eigenvalue weighted by Crippen LogP contribution is -1.96. The topological polar surface area (TPSA) is 39.4 Å². The van der Waals surface area contributed by atoms with Gasteiger partial charge in [0.25, 0.3) is 0 Å². The van der Waals surface area contributed by atoms with Gasteiger partial charge in [-0.2, -0.15) is 0 Å². The highest BCUT2D eigenvalue weighted by molar-refractivity contribution is 5.93. The molecule has 0 atom stereocenters. The van der Waals surface area contributed by atoms with Crippen LogP contribution < -0.4 is 0 Å². The summed E-state index contributed by atoms with van der Waals surface area (Å²) in [6, 6.07) is 3.54. The quantitative estimate of drug-likeness (QED) is 0.482. The molecule has 0 aliphatic carbocycles. The van der Waals surface area contributed by atoms with E-state index in [-0.39, 0.29) is 5.78 Å². The lowest BCUT2D eigenvalue weighted by molar-refractivity contribution is 0.0943. The van der Waals surface area contributed by atoms with Crippen molar-refractivity contribution in [1.29, 1.82) is 0 Å². The minimum Gasteiger partial charge on any atom is -0.456 e. The van der Waals surface area contributed by atoms with Crippen LogP contribution in [-0.4, -0.2) is 12.9 Å². The summed E-state index contributed by atoms with van der Waals surface area (Å²) in [7, 11) is 1.61. The van der Waals surface area contributed by atoms with E-state index in [0.717, 1.165) is 12.8 Å². The third-order valence-electron chi connectivity index (χ3n) is 2.73. The molecule has 3 nitrogen and oxygen atoms in total. The lowest BCUT2D eigenvalue weighted by atomic mass is 10.1. The summed E-state index contributed by atoms with van der Waals surface area (Å²) in [6.07, 6.45) is 6.38. The van der Waals surface area contributed by atoms with Crippen molar-refractivity contribution < 1.29 is 13.9 Å². The van der Waals surface area contributed by atoms with Crippen LogP contribution in [0.1, 0.15) is 61.8 Å². The summed E-state index contributed by atoms with van der Waals surface area (Å²) in [6.45, 7) is 2.61. The third-order valence-corrected chi connectivity index (χ3v) is 2.73. The van der Waals surface area contributed by atoms with Crippen molar-refractivity contribution in [2.24, 2.45) is 0 Å². The largest absolute Gasteiger partial charge is 0.456 e. The number of methoxy groups -OCH3 is 1. The van der Waals surface area contributed by atoms with Crippen molar-refractivity contribution in [3.05, 3.63) is 23.7 Å². The highest BCUT2D eigenvalue weighted by Crippen LogP contribution is 2.13. The van der Waals surface area contributed by atoms with Gasteiger partial charge in [0, 0.05) is 13.5 Å². The predicted molar refractivity (Wildman–Crippen MR) is 67.1 cm³/mol. The minimum atomic E-state index is 0.101. The van der Waals surface area contributed by atoms with Crippen molar-refractivity contribution in [1.82, 2.24) is 0 Å². The molecule has 0 N–H and O–H groups in total. The molecule has 3 heteroatoms. The van der Waals surface area contributed by atoms with Gasteiger partial charge in [0.05, 0.1) is 0 Å². The summed E-state index contributed by atoms with van der Waals surface area (Å²) >= 11 is 0. The second kappa shape index (κ2) is 8.07. The van der Waals surface area contributed by atoms with Gasteiger partial charge in [0.2, 0.25) is 0 Å². The number of ketones is 1. The molecule has 1 aromatic heterocycles. The van der Waals surface area contributed by atoms with E-state index in [4.69, 9.17) is 9.15 Å². The number of carbonyl (C=O) groups excluding carboxylic acids is 1. The molecule has 0 aliphatic rings. The molecule has 0 aliphatic heterocycles. The molecule has 1 rings (SSSR count). The maximum absolute atomic E-state index is 11.8. The Morgan fingerprint density at radius 2 is 2.00 bits per heavy atom. The second-order valence-electron chi connectivity index (χ2n) is 4.29. The third kappa shape index (κ3) is 5.18. The van der Waals surface area contributed by atoms with Crippen molar-refractivity contribution in [2.45, 2.75) is 52.1 Å². The summed E-state index contributed by atoms with van der Waals surface area (Å²) < 4.78 is 10.3. The Morgan fingerprint density at radius 1 is 1.24 bits per heavy atom. The first kappa shape index (κ1) is 14.0. The smallest absolute Gasteiger partial charge is 0.197 e. The zero-order valence-corrected chi connectivity index (χ0v) is 10.8. The molecule has 0 saturated carbocycles. The molecule has 0 fully saturated rings. The zero-order valence-electron chi connectivity index (χ0n) is 10.8. The Labute approximate surface area is 103 Å². The van der Waals surface area contributed by atoms with Gasteiger partial charge in [-0.05, 0) is 18.6 Å². The Kier molecular flexibility index (Phi) is 6.63. The van der Waals surface area contributed by atoms with Crippen LogP contribution in [0, 0.1) is 0 Å². The van der Waals surface area contributed by atoms with E-state index < -0.39 is 0 Å². The molecule has 17 heavy (non-hydrogen) atoms. The van der Waals surface area contributed by atoms with Crippen LogP contribution in [0.2, 0.25) is 0 Å². The first-order valence-corrected chi connectivity index (χ1v) is 6.38. The minimum absolute atomic E-state index is 0.101. The van der Waals surface area contributed by atoms with Gasteiger partial charge in [-0.3, -0.25) is 4.79 Å². The van der Waals surface area contributed by atoms with E-state index in [0.29, 0.717) is 24.5 Å². The molecule has 1 heterocycles. The molecular formula is C14H22O3. The summed E-state index contributed by atoms with van der Waals surface area (Å²) in [5.41, 5.74) is 0. The number of unbranched alkanes of at least 4 members (excludes halogenated alkanes) is 4. The van der Waals surface area contributed by atoms with E-state index >= 15 is 0 Å². The maximum Gasteiger partial charge on any atom is 0.197 e. The number of furan rings is 1. The average Bonchev–Trinajstić information content (AvgIpc) is 2.78. The van der Waals surface area contributed by atoms with Gasteiger partial charge in [0.1, 0.15) is 12.4 Å². The summed E-state index contributed by atoms with van der Waals surface area (Å²) in [5.74, 6) is 1.28. The molecule has 0 spiro atoms. The van der Waals surface area contributed by atoms with Crippen LogP contribution in [0.4, 0.5) is 0 Å². The number of Topliss-reactive ketones (excluding diaryl/α,β-unsaturated/α-hetero) is 1. The summed E-state index contributed by atoms with van der Waals surface area (Å²) in [5, 5.41) is 0. The normalized spacial score (nSPS) is 10.7. The maximum atomic E-state index is 11.8. The van der Waals surface area contributed by atoms with Crippen molar-refractivity contribution >= 4 is 5.78 Å². The number of carbonyl (C=O) groups is 1. The van der Waals surface area contributed by atoms with E-state index in [1.165, 1.54) is 19.3 Å². The number of hydrogen-bond donors (Lipinski definition) is 0. The zero-order chi connectivity index (χ0) is 12.5. The van der Waals surface area contributed by atoms with Crippen LogP contribution in [0.5, 0.6) is 0 Å². The summed E-state index contributed by atoms with van der Waals surface area (Å²) in [4.78, 5) is 11.8. The van der Waals surface area contributed by atoms with E-state index in [2.05, 4.69) is 6.92 Å². The van der Waals surface area contributed by atoms with Crippen LogP contribution in [-0.2, 0) is 11.3 Å². The van der Waals surface area contributed by atoms with Gasteiger partial charge >= 0.3 is 0 Å². The monoisotopic (exact) mass is 238 g/mol. The van der Waals surface area contributed by atoms with Crippen LogP contribution in [0.15, 0.2) is 16.5 Å². The van der Waals surface area contributed by atoms with E-state index in [1.807, 2.05) is 0 Å². The Morgan fingerprint density at radius 3 is 2.71 bits per heavy atom. The second-order valence-corrected chi connectivity index (χ2v) is 4.29. The molecule has 1 aromatic rings. The molecular weight excluding hydrogens is 216 g/mol. The predicted octanol–water partition coefficient (Wildman–Crippen LogP) is 3.97. The molecule has 0 radical (unpaired) electrons. The van der Waals surface area contributed by atoms with Gasteiger partial charge in [-0.1, -0.05) is 32.6 Å². The van der Waals surface area contributed by atoms with Crippen LogP contribution in [0.3, 0.4) is 0 Å². The number of ether oxygens (including phenoxy) is 1. The highest BCUT2D eigenvalue weighted by Gasteiger charge is 2.10. The Hall–Kier alpha value is -1.09. The highest BCUT2D eigenvalue weighted by atomic mass is 16.5. The molecule has 0 amide bonds. The van der Waals surface area contributed by atoms with Crippen molar-refractivity contribution in [3.8, 4) is 0 Å². The Balaban J connectivity index is 2.26. The fourth-order valence-electron chi connectivity index (χ4n) is 1.76. The first-order chi connectivity index (χ1) is 8.27. The van der Waals surface area contributed by atoms with E-state index in [9.17, 15) is 4.79 Å². The lowest BCUT2D eigenvalue weighted by Gasteiger charge is -1.99. The fraction of sp³-hybridized carbons (Fsp3) is 0.643. The molecule has 96 valence electrons. The number of hydrogen-bond acceptors (Lipinski definition) is 3. The molecule has 0 saturated heterocycles. The molecule has 0 aromatic carbocycles. The van der Waals surface area contributed by atoms with Gasteiger partial charge in [-0.25, -0.2) is 0 Å². The van der Waals surface area contributed by atoms with Gasteiger partial charge in [0.15, 0.2) is 11.5 Å². The van der Waals surface area contributed by atoms with Crippen LogP contribution >= 0.6 is 0 Å². The van der Waals surface area contributed by atoms with Gasteiger partial charge in [-0.15, -0.1) is 0 Å². The fourth-order valence-corrected chi connectivity index (χ4v) is 1.76. The van der Waals surface area contributed by atoms with Crippen molar-refractivity contribution in [2.75, 3.05) is 7.11 Å². The molecule has 0 unspecified atom stereocenters. The number of rotatable bonds is 9. The van der Waals surface area contributed by atoms with E-state index in [1.54, 1.807) is 19.2 Å².